The first-order chi connectivity index (χ1) is 10.9. The predicted molar refractivity (Wildman–Crippen MR) is 98.8 cm³/mol. The number of amidine groups is 1. The Morgan fingerprint density at radius 3 is 2.70 bits per heavy atom. The zero-order valence-electron chi connectivity index (χ0n) is 14.5. The predicted octanol–water partition coefficient (Wildman–Crippen LogP) is 4.24. The molecule has 0 amide bonds. The van der Waals surface area contributed by atoms with Gasteiger partial charge in [-0.2, -0.15) is 0 Å². The molecule has 1 atom stereocenters. The molecular weight excluding hydrogens is 308 g/mol. The lowest BCUT2D eigenvalue weighted by atomic mass is 10.0. The van der Waals surface area contributed by atoms with Crippen molar-refractivity contribution in [3.8, 4) is 0 Å². The lowest BCUT2D eigenvalue weighted by Gasteiger charge is -2.09. The first kappa shape index (κ1) is 19.6. The highest BCUT2D eigenvalue weighted by molar-refractivity contribution is 8.13. The van der Waals surface area contributed by atoms with Crippen molar-refractivity contribution in [2.24, 2.45) is 16.6 Å². The van der Waals surface area contributed by atoms with Crippen LogP contribution in [0.3, 0.4) is 0 Å². The van der Waals surface area contributed by atoms with Crippen molar-refractivity contribution >= 4 is 22.9 Å². The minimum atomic E-state index is -0.322. The third-order valence-electron chi connectivity index (χ3n) is 3.49. The smallest absolute Gasteiger partial charge is 0.337 e. The largest absolute Gasteiger partial charge is 0.465 e. The van der Waals surface area contributed by atoms with E-state index >= 15 is 0 Å². The Balaban J connectivity index is 2.47. The Hall–Kier alpha value is -1.49. The summed E-state index contributed by atoms with van der Waals surface area (Å²) in [5, 5.41) is 0.602. The van der Waals surface area contributed by atoms with Gasteiger partial charge in [-0.25, -0.2) is 4.79 Å². The number of rotatable bonds is 8. The minimum Gasteiger partial charge on any atom is -0.465 e. The Bertz CT molecular complexity index is 530. The van der Waals surface area contributed by atoms with E-state index in [-0.39, 0.29) is 12.0 Å². The summed E-state index contributed by atoms with van der Waals surface area (Å²) in [7, 11) is 1.38. The van der Waals surface area contributed by atoms with E-state index in [4.69, 9.17) is 10.5 Å². The molecule has 0 spiro atoms. The number of carbonyl (C=O) groups excluding carboxylic acids is 1. The monoisotopic (exact) mass is 336 g/mol. The summed E-state index contributed by atoms with van der Waals surface area (Å²) < 4.78 is 4.73. The number of esters is 1. The van der Waals surface area contributed by atoms with E-state index in [9.17, 15) is 4.79 Å². The second-order valence-electron chi connectivity index (χ2n) is 6.12. The molecule has 0 aliphatic carbocycles. The molecule has 1 aromatic rings. The lowest BCUT2D eigenvalue weighted by Crippen LogP contribution is -2.12. The quantitative estimate of drug-likeness (QED) is 0.438. The molecule has 0 aromatic heterocycles. The normalized spacial score (nSPS) is 13.2. The van der Waals surface area contributed by atoms with Crippen LogP contribution in [0.1, 0.15) is 56.0 Å². The lowest BCUT2D eigenvalue weighted by molar-refractivity contribution is 0.0600. The zero-order valence-corrected chi connectivity index (χ0v) is 15.4. The summed E-state index contributed by atoms with van der Waals surface area (Å²) in [6.45, 7) is 6.58. The van der Waals surface area contributed by atoms with Gasteiger partial charge in [-0.3, -0.25) is 4.99 Å². The van der Waals surface area contributed by atoms with Crippen molar-refractivity contribution in [1.29, 1.82) is 0 Å². The molecule has 0 aliphatic rings. The molecule has 1 rings (SSSR count). The third-order valence-corrected chi connectivity index (χ3v) is 4.36. The zero-order chi connectivity index (χ0) is 17.2. The van der Waals surface area contributed by atoms with Crippen molar-refractivity contribution in [3.05, 3.63) is 35.4 Å². The van der Waals surface area contributed by atoms with Crippen LogP contribution in [-0.2, 0) is 10.5 Å². The van der Waals surface area contributed by atoms with E-state index in [1.54, 1.807) is 6.07 Å². The number of nitrogens with two attached hydrogens (primary N) is 1. The molecule has 0 saturated heterocycles. The molecule has 128 valence electrons. The van der Waals surface area contributed by atoms with Gasteiger partial charge in [-0.1, -0.05) is 50.6 Å². The average Bonchev–Trinajstić information content (AvgIpc) is 2.52. The molecule has 0 aliphatic heterocycles. The highest BCUT2D eigenvalue weighted by Gasteiger charge is 2.07. The summed E-state index contributed by atoms with van der Waals surface area (Å²) in [5.41, 5.74) is 7.59. The van der Waals surface area contributed by atoms with Gasteiger partial charge in [0.1, 0.15) is 0 Å². The molecule has 5 heteroatoms. The number of nitrogens with zero attached hydrogens (tertiary/aromatic N) is 1. The number of benzene rings is 1. The van der Waals surface area contributed by atoms with Crippen LogP contribution in [0.25, 0.3) is 0 Å². The summed E-state index contributed by atoms with van der Waals surface area (Å²) in [4.78, 5) is 16.0. The summed E-state index contributed by atoms with van der Waals surface area (Å²) in [6.07, 6.45) is 3.48. The SMILES string of the molecule is COC(=O)c1cccc(CSC(N)=N[C@@H](C)CCCC(C)C)c1. The fourth-order valence-electron chi connectivity index (χ4n) is 2.20. The van der Waals surface area contributed by atoms with Gasteiger partial charge >= 0.3 is 5.97 Å². The number of methoxy groups -OCH3 is 1. The van der Waals surface area contributed by atoms with Crippen LogP contribution in [0.4, 0.5) is 0 Å². The van der Waals surface area contributed by atoms with Crippen molar-refractivity contribution in [3.63, 3.8) is 0 Å². The van der Waals surface area contributed by atoms with Gasteiger partial charge in [0.15, 0.2) is 5.17 Å². The number of carbonyl (C=O) groups is 1. The fraction of sp³-hybridized carbons (Fsp3) is 0.556. The topological polar surface area (TPSA) is 64.7 Å². The number of thioether (sulfide) groups is 1. The van der Waals surface area contributed by atoms with Crippen LogP contribution in [0.2, 0.25) is 0 Å². The second-order valence-corrected chi connectivity index (χ2v) is 7.12. The van der Waals surface area contributed by atoms with Crippen molar-refractivity contribution < 1.29 is 9.53 Å². The molecular formula is C18H28N2O2S. The number of hydrogen-bond acceptors (Lipinski definition) is 4. The maximum atomic E-state index is 11.5. The molecule has 2 N–H and O–H groups in total. The van der Waals surface area contributed by atoms with Gasteiger partial charge in [0.2, 0.25) is 0 Å². The van der Waals surface area contributed by atoms with E-state index in [0.717, 1.165) is 17.9 Å². The van der Waals surface area contributed by atoms with Crippen molar-refractivity contribution in [2.45, 2.75) is 51.8 Å². The molecule has 0 heterocycles. The van der Waals surface area contributed by atoms with Gasteiger partial charge < -0.3 is 10.5 Å². The van der Waals surface area contributed by atoms with E-state index in [1.807, 2.05) is 18.2 Å². The van der Waals surface area contributed by atoms with Crippen LogP contribution in [0.5, 0.6) is 0 Å². The van der Waals surface area contributed by atoms with Crippen LogP contribution >= 0.6 is 11.8 Å². The molecule has 0 unspecified atom stereocenters. The first-order valence-electron chi connectivity index (χ1n) is 8.05. The van der Waals surface area contributed by atoms with Crippen LogP contribution in [0, 0.1) is 5.92 Å². The maximum Gasteiger partial charge on any atom is 0.337 e. The third kappa shape index (κ3) is 8.07. The average molecular weight is 337 g/mol. The van der Waals surface area contributed by atoms with Gasteiger partial charge in [-0.15, -0.1) is 0 Å². The van der Waals surface area contributed by atoms with Crippen LogP contribution in [-0.4, -0.2) is 24.3 Å². The Labute approximate surface area is 143 Å². The molecule has 4 nitrogen and oxygen atoms in total. The highest BCUT2D eigenvalue weighted by Crippen LogP contribution is 2.16. The van der Waals surface area contributed by atoms with Gasteiger partial charge in [0, 0.05) is 11.8 Å². The number of hydrogen-bond donors (Lipinski definition) is 1. The molecule has 0 bridgehead atoms. The molecule has 0 saturated carbocycles. The summed E-state index contributed by atoms with van der Waals surface area (Å²) >= 11 is 1.50. The summed E-state index contributed by atoms with van der Waals surface area (Å²) in [6, 6.07) is 7.65. The van der Waals surface area contributed by atoms with Gasteiger partial charge in [-0.05, 0) is 37.0 Å². The fourth-order valence-corrected chi connectivity index (χ4v) is 2.95. The summed E-state index contributed by atoms with van der Waals surface area (Å²) in [5.74, 6) is 1.11. The number of aliphatic imine (C=N–C) groups is 1. The van der Waals surface area contributed by atoms with E-state index in [0.29, 0.717) is 16.5 Å². The second kappa shape index (κ2) is 10.3. The maximum absolute atomic E-state index is 11.5. The molecule has 1 aromatic carbocycles. The van der Waals surface area contributed by atoms with Crippen LogP contribution in [0.15, 0.2) is 29.3 Å². The highest BCUT2D eigenvalue weighted by atomic mass is 32.2. The van der Waals surface area contributed by atoms with Gasteiger partial charge in [0.25, 0.3) is 0 Å². The van der Waals surface area contributed by atoms with Gasteiger partial charge in [0.05, 0.1) is 12.7 Å². The molecule has 23 heavy (non-hydrogen) atoms. The standard InChI is InChI=1S/C18H28N2O2S/c1-13(2)7-5-8-14(3)20-18(19)23-12-15-9-6-10-16(11-15)17(21)22-4/h6,9-11,13-14H,5,7-8,12H2,1-4H3,(H2,19,20)/t14-/m0/s1. The first-order valence-corrected chi connectivity index (χ1v) is 9.04. The molecule has 0 radical (unpaired) electrons. The van der Waals surface area contributed by atoms with E-state index in [1.165, 1.54) is 31.7 Å². The van der Waals surface area contributed by atoms with Crippen molar-refractivity contribution in [1.82, 2.24) is 0 Å². The Kier molecular flexibility index (Phi) is 8.77. The van der Waals surface area contributed by atoms with E-state index < -0.39 is 0 Å². The Morgan fingerprint density at radius 1 is 1.30 bits per heavy atom. The van der Waals surface area contributed by atoms with E-state index in [2.05, 4.69) is 25.8 Å². The minimum absolute atomic E-state index is 0.252. The van der Waals surface area contributed by atoms with Crippen molar-refractivity contribution in [2.75, 3.05) is 7.11 Å². The van der Waals surface area contributed by atoms with Crippen LogP contribution < -0.4 is 5.73 Å². The molecule has 0 fully saturated rings. The Morgan fingerprint density at radius 2 is 2.04 bits per heavy atom. The number of ether oxygens (including phenoxy) is 1.